The molecule has 0 unspecified atom stereocenters. The summed E-state index contributed by atoms with van der Waals surface area (Å²) in [5.41, 5.74) is 1.25. The molecule has 94 valence electrons. The molecule has 1 N–H and O–H groups in total. The van der Waals surface area contributed by atoms with Crippen LogP contribution in [0.15, 0.2) is 18.3 Å². The summed E-state index contributed by atoms with van der Waals surface area (Å²) >= 11 is 0. The van der Waals surface area contributed by atoms with Gasteiger partial charge in [0, 0.05) is 38.9 Å². The Hall–Kier alpha value is -1.13. The maximum Gasteiger partial charge on any atom is 0.128 e. The minimum Gasteiger partial charge on any atom is -0.354 e. The standard InChI is InChI=1S/C13H22N4/c1-3-14-10-12-4-5-13(15-11-12)17-8-6-16(2)7-9-17/h4-5,11,14H,3,6-10H2,1-2H3. The molecule has 0 bridgehead atoms. The number of rotatable bonds is 4. The highest BCUT2D eigenvalue weighted by Crippen LogP contribution is 2.13. The maximum absolute atomic E-state index is 4.55. The topological polar surface area (TPSA) is 31.4 Å². The van der Waals surface area contributed by atoms with Crippen molar-refractivity contribution in [2.75, 3.05) is 44.7 Å². The third-order valence-corrected chi connectivity index (χ3v) is 3.22. The summed E-state index contributed by atoms with van der Waals surface area (Å²) in [5, 5.41) is 3.31. The lowest BCUT2D eigenvalue weighted by atomic mass is 10.2. The van der Waals surface area contributed by atoms with Crippen molar-refractivity contribution < 1.29 is 0 Å². The number of anilines is 1. The first-order chi connectivity index (χ1) is 8.29. The zero-order chi connectivity index (χ0) is 12.1. The quantitative estimate of drug-likeness (QED) is 0.840. The van der Waals surface area contributed by atoms with Crippen LogP contribution in [0, 0.1) is 0 Å². The molecule has 0 radical (unpaired) electrons. The SMILES string of the molecule is CCNCc1ccc(N2CCN(C)CC2)nc1. The van der Waals surface area contributed by atoms with Crippen LogP contribution in [0.4, 0.5) is 5.82 Å². The van der Waals surface area contributed by atoms with Crippen LogP contribution in [0.3, 0.4) is 0 Å². The Morgan fingerprint density at radius 2 is 2.00 bits per heavy atom. The Labute approximate surface area is 104 Å². The predicted molar refractivity (Wildman–Crippen MR) is 71.3 cm³/mol. The number of likely N-dealkylation sites (N-methyl/N-ethyl adjacent to an activating group) is 1. The fraction of sp³-hybridized carbons (Fsp3) is 0.615. The smallest absolute Gasteiger partial charge is 0.128 e. The van der Waals surface area contributed by atoms with Crippen molar-refractivity contribution in [1.82, 2.24) is 15.2 Å². The van der Waals surface area contributed by atoms with Crippen LogP contribution in [0.2, 0.25) is 0 Å². The van der Waals surface area contributed by atoms with Crippen LogP contribution >= 0.6 is 0 Å². The Bertz CT molecular complexity index is 328. The van der Waals surface area contributed by atoms with Gasteiger partial charge in [-0.05, 0) is 25.2 Å². The van der Waals surface area contributed by atoms with Gasteiger partial charge in [0.15, 0.2) is 0 Å². The second-order valence-electron chi connectivity index (χ2n) is 4.60. The molecule has 1 aromatic rings. The number of piperazine rings is 1. The van der Waals surface area contributed by atoms with Gasteiger partial charge in [0.25, 0.3) is 0 Å². The van der Waals surface area contributed by atoms with E-state index in [1.165, 1.54) is 5.56 Å². The van der Waals surface area contributed by atoms with Crippen molar-refractivity contribution in [3.8, 4) is 0 Å². The molecular weight excluding hydrogens is 212 g/mol. The number of aromatic nitrogens is 1. The van der Waals surface area contributed by atoms with Crippen LogP contribution in [0.25, 0.3) is 0 Å². The zero-order valence-corrected chi connectivity index (χ0v) is 10.8. The molecule has 0 atom stereocenters. The lowest BCUT2D eigenvalue weighted by molar-refractivity contribution is 0.312. The molecule has 1 aliphatic rings. The average molecular weight is 234 g/mol. The van der Waals surface area contributed by atoms with Gasteiger partial charge in [0.1, 0.15) is 5.82 Å². The van der Waals surface area contributed by atoms with E-state index in [-0.39, 0.29) is 0 Å². The van der Waals surface area contributed by atoms with E-state index in [9.17, 15) is 0 Å². The summed E-state index contributed by atoms with van der Waals surface area (Å²) in [6.07, 6.45) is 1.98. The summed E-state index contributed by atoms with van der Waals surface area (Å²) < 4.78 is 0. The fourth-order valence-electron chi connectivity index (χ4n) is 2.01. The predicted octanol–water partition coefficient (Wildman–Crippen LogP) is 0.943. The van der Waals surface area contributed by atoms with Gasteiger partial charge in [0.2, 0.25) is 0 Å². The van der Waals surface area contributed by atoms with Gasteiger partial charge in [0.05, 0.1) is 0 Å². The largest absolute Gasteiger partial charge is 0.354 e. The molecule has 0 aliphatic carbocycles. The van der Waals surface area contributed by atoms with Crippen LogP contribution in [0.5, 0.6) is 0 Å². The van der Waals surface area contributed by atoms with Crippen LogP contribution in [0.1, 0.15) is 12.5 Å². The van der Waals surface area contributed by atoms with E-state index in [2.05, 4.69) is 46.2 Å². The lowest BCUT2D eigenvalue weighted by Gasteiger charge is -2.33. The fourth-order valence-corrected chi connectivity index (χ4v) is 2.01. The van der Waals surface area contributed by atoms with E-state index in [4.69, 9.17) is 0 Å². The van der Waals surface area contributed by atoms with E-state index in [1.54, 1.807) is 0 Å². The molecule has 0 aromatic carbocycles. The van der Waals surface area contributed by atoms with Gasteiger partial charge in [-0.25, -0.2) is 4.98 Å². The molecule has 4 nitrogen and oxygen atoms in total. The highest BCUT2D eigenvalue weighted by Gasteiger charge is 2.14. The second-order valence-corrected chi connectivity index (χ2v) is 4.60. The van der Waals surface area contributed by atoms with Gasteiger partial charge in [-0.15, -0.1) is 0 Å². The van der Waals surface area contributed by atoms with Gasteiger partial charge >= 0.3 is 0 Å². The summed E-state index contributed by atoms with van der Waals surface area (Å²) in [6, 6.07) is 4.31. The maximum atomic E-state index is 4.55. The van der Waals surface area contributed by atoms with Crippen molar-refractivity contribution >= 4 is 5.82 Å². The van der Waals surface area contributed by atoms with Crippen molar-refractivity contribution in [2.24, 2.45) is 0 Å². The van der Waals surface area contributed by atoms with Crippen LogP contribution in [-0.4, -0.2) is 49.7 Å². The van der Waals surface area contributed by atoms with Gasteiger partial charge in [-0.3, -0.25) is 0 Å². The first kappa shape index (κ1) is 12.3. The minimum absolute atomic E-state index is 0.909. The molecule has 1 saturated heterocycles. The first-order valence-corrected chi connectivity index (χ1v) is 6.38. The van der Waals surface area contributed by atoms with Crippen molar-refractivity contribution in [3.05, 3.63) is 23.9 Å². The molecule has 1 aliphatic heterocycles. The van der Waals surface area contributed by atoms with E-state index in [0.29, 0.717) is 0 Å². The first-order valence-electron chi connectivity index (χ1n) is 6.38. The van der Waals surface area contributed by atoms with E-state index in [1.807, 2.05) is 6.20 Å². The average Bonchev–Trinajstić information content (AvgIpc) is 2.38. The highest BCUT2D eigenvalue weighted by molar-refractivity contribution is 5.39. The molecular formula is C13H22N4. The Morgan fingerprint density at radius 3 is 2.59 bits per heavy atom. The van der Waals surface area contributed by atoms with Crippen LogP contribution < -0.4 is 10.2 Å². The van der Waals surface area contributed by atoms with Gasteiger partial charge in [-0.2, -0.15) is 0 Å². The summed E-state index contributed by atoms with van der Waals surface area (Å²) in [5.74, 6) is 1.11. The van der Waals surface area contributed by atoms with Crippen LogP contribution in [-0.2, 0) is 6.54 Å². The number of hydrogen-bond acceptors (Lipinski definition) is 4. The summed E-state index contributed by atoms with van der Waals surface area (Å²) in [4.78, 5) is 9.26. The Kier molecular flexibility index (Phi) is 4.34. The lowest BCUT2D eigenvalue weighted by Crippen LogP contribution is -2.44. The van der Waals surface area contributed by atoms with Gasteiger partial charge in [-0.1, -0.05) is 13.0 Å². The third kappa shape index (κ3) is 3.41. The minimum atomic E-state index is 0.909. The van der Waals surface area contributed by atoms with E-state index < -0.39 is 0 Å². The number of nitrogens with zero attached hydrogens (tertiary/aromatic N) is 3. The monoisotopic (exact) mass is 234 g/mol. The normalized spacial score (nSPS) is 17.4. The number of nitrogens with one attached hydrogen (secondary N) is 1. The molecule has 2 rings (SSSR count). The Balaban J connectivity index is 1.93. The zero-order valence-electron chi connectivity index (χ0n) is 10.8. The molecule has 0 spiro atoms. The summed E-state index contributed by atoms with van der Waals surface area (Å²) in [6.45, 7) is 8.44. The second kappa shape index (κ2) is 5.98. The number of pyridine rings is 1. The van der Waals surface area contributed by atoms with Crippen molar-refractivity contribution in [3.63, 3.8) is 0 Å². The van der Waals surface area contributed by atoms with E-state index >= 15 is 0 Å². The van der Waals surface area contributed by atoms with Crippen molar-refractivity contribution in [2.45, 2.75) is 13.5 Å². The molecule has 1 aromatic heterocycles. The molecule has 2 heterocycles. The summed E-state index contributed by atoms with van der Waals surface area (Å²) in [7, 11) is 2.17. The van der Waals surface area contributed by atoms with Crippen molar-refractivity contribution in [1.29, 1.82) is 0 Å². The van der Waals surface area contributed by atoms with E-state index in [0.717, 1.165) is 45.1 Å². The highest BCUT2D eigenvalue weighted by atomic mass is 15.3. The third-order valence-electron chi connectivity index (χ3n) is 3.22. The molecule has 1 fully saturated rings. The molecule has 0 saturated carbocycles. The Morgan fingerprint density at radius 1 is 1.24 bits per heavy atom. The molecule has 17 heavy (non-hydrogen) atoms. The molecule has 0 amide bonds. The number of hydrogen-bond donors (Lipinski definition) is 1. The molecule has 4 heteroatoms. The van der Waals surface area contributed by atoms with Gasteiger partial charge < -0.3 is 15.1 Å².